The first-order valence-electron chi connectivity index (χ1n) is 9.96. The smallest absolute Gasteiger partial charge is 0.359 e. The second kappa shape index (κ2) is 10.2. The third-order valence-electron chi connectivity index (χ3n) is 5.70. The summed E-state index contributed by atoms with van der Waals surface area (Å²) in [6, 6.07) is 0.681. The number of nitrogens with one attached hydrogen (secondary N) is 2. The number of nitrogens with two attached hydrogens (primary N) is 1. The number of hydrogen-bond acceptors (Lipinski definition) is 6. The first kappa shape index (κ1) is 24.7. The largest absolute Gasteiger partial charge is 0.405 e. The van der Waals surface area contributed by atoms with Crippen LogP contribution in [0.25, 0.3) is 11.2 Å². The van der Waals surface area contributed by atoms with E-state index in [2.05, 4.69) is 25.6 Å². The number of nitrogens with zero attached hydrogens (tertiary/aromatic N) is 4. The molecule has 7 nitrogen and oxygen atoms in total. The predicted molar refractivity (Wildman–Crippen MR) is 116 cm³/mol. The highest BCUT2D eigenvalue weighted by molar-refractivity contribution is 5.86. The molecule has 0 unspecified atom stereocenters. The topological polar surface area (TPSA) is 93.7 Å². The minimum Gasteiger partial charge on any atom is -0.359 e. The lowest BCUT2D eigenvalue weighted by molar-refractivity contribution is -0.115. The van der Waals surface area contributed by atoms with Gasteiger partial charge in [0.25, 0.3) is 0 Å². The molecule has 0 atom stereocenters. The summed E-state index contributed by atoms with van der Waals surface area (Å²) in [5, 5.41) is 5.70. The molecule has 0 amide bonds. The van der Waals surface area contributed by atoms with Crippen LogP contribution in [0, 0.1) is 0 Å². The van der Waals surface area contributed by atoms with Crippen molar-refractivity contribution in [2.75, 3.05) is 17.2 Å². The summed E-state index contributed by atoms with van der Waals surface area (Å²) >= 11 is 0. The molecule has 2 fully saturated rings. The Morgan fingerprint density at radius 1 is 1.03 bits per heavy atom. The van der Waals surface area contributed by atoms with Crippen LogP contribution in [0.15, 0.2) is 6.33 Å². The Balaban J connectivity index is 0.00000160. The standard InChI is InChI=1S/C18H26F3N7.2ClH/c19-18(20,21)9-23-15-14-16(28(10-24-14)13-3-1-2-4-13)27-17(26-15)25-12-7-5-11(22)6-8-12;;/h10-13H,1-9,22H2,(H2,23,25,26,27);2*1H/t11-,12-;;. The number of imidazole rings is 1. The lowest BCUT2D eigenvalue weighted by Gasteiger charge is -2.27. The number of hydrogen-bond donors (Lipinski definition) is 3. The molecule has 2 aromatic rings. The van der Waals surface area contributed by atoms with Crippen molar-refractivity contribution in [3.8, 4) is 0 Å². The summed E-state index contributed by atoms with van der Waals surface area (Å²) in [5.74, 6) is 0.464. The third kappa shape index (κ3) is 5.79. The normalized spacial score (nSPS) is 22.4. The van der Waals surface area contributed by atoms with Crippen molar-refractivity contribution in [2.24, 2.45) is 5.73 Å². The van der Waals surface area contributed by atoms with Gasteiger partial charge in [0.1, 0.15) is 6.54 Å². The number of aromatic nitrogens is 4. The fraction of sp³-hybridized carbons (Fsp3) is 0.722. The first-order chi connectivity index (χ1) is 13.4. The summed E-state index contributed by atoms with van der Waals surface area (Å²) < 4.78 is 40.2. The molecule has 0 aromatic carbocycles. The molecular weight excluding hydrogens is 442 g/mol. The molecule has 12 heteroatoms. The third-order valence-corrected chi connectivity index (χ3v) is 5.70. The lowest BCUT2D eigenvalue weighted by atomic mass is 9.92. The Kier molecular flexibility index (Phi) is 8.41. The molecular formula is C18H28Cl2F3N7. The van der Waals surface area contributed by atoms with Crippen LogP contribution in [-0.2, 0) is 0 Å². The highest BCUT2D eigenvalue weighted by atomic mass is 35.5. The number of alkyl halides is 3. The average molecular weight is 470 g/mol. The second-order valence-corrected chi connectivity index (χ2v) is 7.88. The van der Waals surface area contributed by atoms with Crippen LogP contribution in [0.5, 0.6) is 0 Å². The molecule has 0 radical (unpaired) electrons. The summed E-state index contributed by atoms with van der Waals surface area (Å²) in [4.78, 5) is 13.3. The van der Waals surface area contributed by atoms with Crippen LogP contribution >= 0.6 is 24.8 Å². The van der Waals surface area contributed by atoms with Gasteiger partial charge < -0.3 is 20.9 Å². The molecule has 2 aliphatic carbocycles. The minimum atomic E-state index is -4.33. The van der Waals surface area contributed by atoms with E-state index >= 15 is 0 Å². The Morgan fingerprint density at radius 3 is 2.33 bits per heavy atom. The molecule has 2 heterocycles. The molecule has 0 aliphatic heterocycles. The summed E-state index contributed by atoms with van der Waals surface area (Å²) in [6.45, 7) is -1.16. The van der Waals surface area contributed by atoms with Gasteiger partial charge in [-0.25, -0.2) is 4.98 Å². The van der Waals surface area contributed by atoms with Crippen LogP contribution in [0.1, 0.15) is 57.4 Å². The molecule has 2 aromatic heterocycles. The van der Waals surface area contributed by atoms with Crippen molar-refractivity contribution < 1.29 is 13.2 Å². The van der Waals surface area contributed by atoms with Crippen molar-refractivity contribution in [1.29, 1.82) is 0 Å². The summed E-state index contributed by atoms with van der Waals surface area (Å²) in [6.07, 6.45) is 5.32. The molecule has 30 heavy (non-hydrogen) atoms. The van der Waals surface area contributed by atoms with Gasteiger partial charge in [-0.05, 0) is 38.5 Å². The van der Waals surface area contributed by atoms with Crippen molar-refractivity contribution >= 4 is 47.7 Å². The quantitative estimate of drug-likeness (QED) is 0.598. The van der Waals surface area contributed by atoms with Crippen molar-refractivity contribution in [3.05, 3.63) is 6.33 Å². The van der Waals surface area contributed by atoms with Gasteiger partial charge in [0.2, 0.25) is 5.95 Å². The lowest BCUT2D eigenvalue weighted by Crippen LogP contribution is -2.33. The van der Waals surface area contributed by atoms with E-state index in [4.69, 9.17) is 5.73 Å². The molecule has 0 spiro atoms. The van der Waals surface area contributed by atoms with E-state index in [0.717, 1.165) is 51.4 Å². The van der Waals surface area contributed by atoms with Crippen LogP contribution in [0.4, 0.5) is 24.9 Å². The molecule has 2 saturated carbocycles. The van der Waals surface area contributed by atoms with Crippen LogP contribution in [-0.4, -0.2) is 44.3 Å². The zero-order chi connectivity index (χ0) is 19.7. The van der Waals surface area contributed by atoms with E-state index in [0.29, 0.717) is 17.1 Å². The van der Waals surface area contributed by atoms with Gasteiger partial charge in [-0.2, -0.15) is 23.1 Å². The SMILES string of the molecule is Cl.Cl.N[C@H]1CC[C@H](Nc2nc(NCC(F)(F)F)c3ncn(C4CCCC4)c3n2)CC1. The Morgan fingerprint density at radius 2 is 1.70 bits per heavy atom. The van der Waals surface area contributed by atoms with Crippen LogP contribution in [0.2, 0.25) is 0 Å². The maximum atomic E-state index is 12.7. The van der Waals surface area contributed by atoms with Gasteiger partial charge in [-0.3, -0.25) is 0 Å². The number of anilines is 2. The van der Waals surface area contributed by atoms with E-state index in [-0.39, 0.29) is 48.8 Å². The zero-order valence-electron chi connectivity index (χ0n) is 16.5. The van der Waals surface area contributed by atoms with Crippen molar-refractivity contribution in [1.82, 2.24) is 19.5 Å². The van der Waals surface area contributed by atoms with Gasteiger partial charge in [-0.15, -0.1) is 24.8 Å². The maximum absolute atomic E-state index is 12.7. The molecule has 4 N–H and O–H groups in total. The summed E-state index contributed by atoms with van der Waals surface area (Å²) in [5.41, 5.74) is 6.92. The van der Waals surface area contributed by atoms with E-state index < -0.39 is 12.7 Å². The van der Waals surface area contributed by atoms with Gasteiger partial charge in [0.05, 0.1) is 6.33 Å². The highest BCUT2D eigenvalue weighted by Gasteiger charge is 2.29. The Hall–Kier alpha value is -1.52. The number of rotatable bonds is 5. The second-order valence-electron chi connectivity index (χ2n) is 7.88. The first-order valence-corrected chi connectivity index (χ1v) is 9.96. The summed E-state index contributed by atoms with van der Waals surface area (Å²) in [7, 11) is 0. The van der Waals surface area contributed by atoms with E-state index in [1.807, 2.05) is 4.57 Å². The van der Waals surface area contributed by atoms with Gasteiger partial charge >= 0.3 is 6.18 Å². The molecule has 0 bridgehead atoms. The molecule has 2 aliphatic rings. The van der Waals surface area contributed by atoms with E-state index in [1.54, 1.807) is 6.33 Å². The maximum Gasteiger partial charge on any atom is 0.405 e. The van der Waals surface area contributed by atoms with Crippen LogP contribution in [0.3, 0.4) is 0 Å². The van der Waals surface area contributed by atoms with Crippen molar-refractivity contribution in [3.63, 3.8) is 0 Å². The molecule has 170 valence electrons. The van der Waals surface area contributed by atoms with Crippen molar-refractivity contribution in [2.45, 2.75) is 75.7 Å². The average Bonchev–Trinajstić information content (AvgIpc) is 3.30. The monoisotopic (exact) mass is 469 g/mol. The zero-order valence-corrected chi connectivity index (χ0v) is 18.1. The van der Waals surface area contributed by atoms with E-state index in [9.17, 15) is 13.2 Å². The molecule has 4 rings (SSSR count). The number of halogens is 5. The Labute approximate surface area is 185 Å². The minimum absolute atomic E-state index is 0. The highest BCUT2D eigenvalue weighted by Crippen LogP contribution is 2.33. The van der Waals surface area contributed by atoms with Gasteiger partial charge in [0, 0.05) is 18.1 Å². The Bertz CT molecular complexity index is 816. The fourth-order valence-corrected chi connectivity index (χ4v) is 4.18. The van der Waals surface area contributed by atoms with Gasteiger partial charge in [0.15, 0.2) is 17.0 Å². The van der Waals surface area contributed by atoms with Gasteiger partial charge in [-0.1, -0.05) is 12.8 Å². The van der Waals surface area contributed by atoms with Crippen LogP contribution < -0.4 is 16.4 Å². The van der Waals surface area contributed by atoms with E-state index in [1.165, 1.54) is 0 Å². The fourth-order valence-electron chi connectivity index (χ4n) is 4.18. The predicted octanol–water partition coefficient (Wildman–Crippen LogP) is 4.44. The molecule has 0 saturated heterocycles. The number of fused-ring (bicyclic) bond motifs is 1.